The third kappa shape index (κ3) is 5.31. The molecule has 4 aromatic rings. The van der Waals surface area contributed by atoms with Crippen molar-refractivity contribution in [3.05, 3.63) is 39.7 Å². The maximum atomic E-state index is 12.9. The molecule has 0 aromatic carbocycles. The van der Waals surface area contributed by atoms with Crippen molar-refractivity contribution in [2.24, 2.45) is 0 Å². The number of hydrogen-bond acceptors (Lipinski definition) is 19. The fourth-order valence-electron chi connectivity index (χ4n) is 5.29. The minimum Gasteiger partial charge on any atom is -0.756 e. The Morgan fingerprint density at radius 1 is 0.844 bits per heavy atom. The highest BCUT2D eigenvalue weighted by molar-refractivity contribution is 7.46. The maximum absolute atomic E-state index is 12.9. The number of aliphatic hydroxyl groups is 2. The minimum atomic E-state index is -5.34. The van der Waals surface area contributed by atoms with E-state index in [2.05, 4.69) is 29.9 Å². The van der Waals surface area contributed by atoms with Crippen molar-refractivity contribution in [3.63, 3.8) is 0 Å². The van der Waals surface area contributed by atoms with E-state index >= 15 is 0 Å². The molecular weight excluding hydrogens is 652 g/mol. The van der Waals surface area contributed by atoms with Crippen LogP contribution in [0.15, 0.2) is 28.6 Å². The second kappa shape index (κ2) is 10.8. The van der Waals surface area contributed by atoms with Crippen molar-refractivity contribution >= 4 is 43.9 Å². The Hall–Kier alpha value is -3.44. The van der Waals surface area contributed by atoms with Gasteiger partial charge in [0.05, 0.1) is 32.2 Å². The molecule has 4 unspecified atom stereocenters. The lowest BCUT2D eigenvalue weighted by Gasteiger charge is -2.34. The number of aromatic nitrogens is 8. The number of ether oxygens (including phenoxy) is 2. The van der Waals surface area contributed by atoms with Crippen molar-refractivity contribution in [1.29, 1.82) is 0 Å². The third-order valence-electron chi connectivity index (χ3n) is 7.28. The molecule has 25 heteroatoms. The number of nitrogens with two attached hydrogens (primary N) is 1. The fourth-order valence-corrected chi connectivity index (χ4v) is 7.19. The Morgan fingerprint density at radius 3 is 1.91 bits per heavy atom. The first kappa shape index (κ1) is 30.2. The van der Waals surface area contributed by atoms with Crippen LogP contribution < -0.4 is 26.6 Å². The van der Waals surface area contributed by atoms with Crippen LogP contribution in [0.1, 0.15) is 12.5 Å². The van der Waals surface area contributed by atoms with Gasteiger partial charge in [0.15, 0.2) is 34.8 Å². The Kier molecular flexibility index (Phi) is 7.27. The van der Waals surface area contributed by atoms with Crippen molar-refractivity contribution in [2.45, 2.75) is 49.1 Å². The van der Waals surface area contributed by atoms with Crippen LogP contribution in [0, 0.1) is 0 Å². The number of hydrogen-bond donors (Lipinski definition) is 5. The second-order valence-electron chi connectivity index (χ2n) is 10.1. The van der Waals surface area contributed by atoms with Crippen LogP contribution in [0.5, 0.6) is 0 Å². The number of imidazole rings is 2. The van der Waals surface area contributed by atoms with E-state index in [1.807, 2.05) is 0 Å². The number of rotatable bonds is 2. The molecule has 0 aliphatic carbocycles. The number of aromatic amines is 2. The van der Waals surface area contributed by atoms with Gasteiger partial charge in [0.25, 0.3) is 26.8 Å². The van der Waals surface area contributed by atoms with E-state index < -0.39 is 89.1 Å². The van der Waals surface area contributed by atoms with Gasteiger partial charge in [0, 0.05) is 0 Å². The van der Waals surface area contributed by atoms with Gasteiger partial charge in [-0.05, 0) is 0 Å². The number of anilines is 1. The zero-order valence-corrected chi connectivity index (χ0v) is 24.0. The number of nitrogens with zero attached hydrogens (tertiary/aromatic N) is 6. The first-order chi connectivity index (χ1) is 21.3. The molecule has 23 nitrogen and oxygen atoms in total. The van der Waals surface area contributed by atoms with E-state index in [1.54, 1.807) is 0 Å². The normalized spacial score (nSPS) is 37.7. The van der Waals surface area contributed by atoms with E-state index in [4.69, 9.17) is 33.3 Å². The van der Waals surface area contributed by atoms with E-state index in [9.17, 15) is 38.7 Å². The molecule has 3 fully saturated rings. The van der Waals surface area contributed by atoms with Crippen molar-refractivity contribution in [3.8, 4) is 0 Å². The summed E-state index contributed by atoms with van der Waals surface area (Å²) in [6.45, 7) is -1.88. The van der Waals surface area contributed by atoms with Gasteiger partial charge in [0.1, 0.15) is 36.6 Å². The van der Waals surface area contributed by atoms with Crippen LogP contribution >= 0.6 is 15.6 Å². The zero-order chi connectivity index (χ0) is 31.8. The van der Waals surface area contributed by atoms with Crippen LogP contribution in [0.3, 0.4) is 0 Å². The topological polar surface area (TPSA) is 329 Å². The molecule has 45 heavy (non-hydrogen) atoms. The molecule has 4 aromatic heterocycles. The quantitative estimate of drug-likeness (QED) is 0.127. The standard InChI is InChI=1S/C20H23N9O14P2/c21-20-26-15-9(17(33)27-20)25-5-29(15)19-11(31)13-7(41-19)2-39-44(34,35)42-12-6(1-38-45(36,37)43-13)40-18(10(12)30)28-4-24-8-14(28)22-3-23-16(8)32/h3-7,10-13,18-19,30-31H,1-2H2,(H,34,35)(H,36,37)(H,22,23,32)(H3,21,26,27,33)/p-2/t6-,7+,10+,11?,12?,13+,18-,19-/m1/s1. The van der Waals surface area contributed by atoms with Gasteiger partial charge in [-0.3, -0.25) is 32.8 Å². The lowest BCUT2D eigenvalue weighted by atomic mass is 10.1. The van der Waals surface area contributed by atoms with E-state index in [1.165, 1.54) is 0 Å². The van der Waals surface area contributed by atoms with Crippen LogP contribution in [0.4, 0.5) is 5.95 Å². The average molecular weight is 673 g/mol. The van der Waals surface area contributed by atoms with Gasteiger partial charge >= 0.3 is 0 Å². The molecule has 0 amide bonds. The first-order valence-corrected chi connectivity index (χ1v) is 15.8. The fraction of sp³-hybridized carbons (Fsp3) is 0.500. The predicted octanol–water partition coefficient (Wildman–Crippen LogP) is -3.89. The van der Waals surface area contributed by atoms with Gasteiger partial charge in [-0.2, -0.15) is 4.98 Å². The molecule has 10 atom stereocenters. The van der Waals surface area contributed by atoms with Crippen LogP contribution in [0.25, 0.3) is 22.3 Å². The summed E-state index contributed by atoms with van der Waals surface area (Å²) in [7, 11) is -10.7. The van der Waals surface area contributed by atoms with Crippen molar-refractivity contribution in [1.82, 2.24) is 39.0 Å². The summed E-state index contributed by atoms with van der Waals surface area (Å²) in [5, 5.41) is 22.1. The first-order valence-electron chi connectivity index (χ1n) is 12.9. The number of phosphoric acid groups is 2. The van der Waals surface area contributed by atoms with Gasteiger partial charge in [0.2, 0.25) is 5.95 Å². The summed E-state index contributed by atoms with van der Waals surface area (Å²) in [6.07, 6.45) is -10.2. The summed E-state index contributed by atoms with van der Waals surface area (Å²) in [5.41, 5.74) is 3.81. The molecule has 0 bridgehead atoms. The van der Waals surface area contributed by atoms with E-state index in [0.717, 1.165) is 28.1 Å². The lowest BCUT2D eigenvalue weighted by Crippen LogP contribution is -2.41. The van der Waals surface area contributed by atoms with Gasteiger partial charge in [-0.25, -0.2) is 15.0 Å². The van der Waals surface area contributed by atoms with Gasteiger partial charge in [-0.15, -0.1) is 0 Å². The Labute approximate surface area is 247 Å². The summed E-state index contributed by atoms with van der Waals surface area (Å²) in [4.78, 5) is 70.4. The molecule has 7 rings (SSSR count). The molecule has 0 radical (unpaired) electrons. The minimum absolute atomic E-state index is 0.0397. The molecule has 242 valence electrons. The van der Waals surface area contributed by atoms with E-state index in [0.29, 0.717) is 0 Å². The van der Waals surface area contributed by atoms with Crippen molar-refractivity contribution < 1.29 is 56.7 Å². The zero-order valence-electron chi connectivity index (χ0n) is 22.2. The summed E-state index contributed by atoms with van der Waals surface area (Å²) in [5.74, 6) is -0.293. The number of nitrogens with one attached hydrogen (secondary N) is 2. The lowest BCUT2D eigenvalue weighted by molar-refractivity contribution is -0.244. The average Bonchev–Trinajstić information content (AvgIpc) is 3.72. The monoisotopic (exact) mass is 673 g/mol. The molecule has 3 aliphatic heterocycles. The highest BCUT2D eigenvalue weighted by atomic mass is 31.2. The largest absolute Gasteiger partial charge is 0.756 e. The Balaban J connectivity index is 1.17. The van der Waals surface area contributed by atoms with Crippen LogP contribution in [-0.4, -0.2) is 99.1 Å². The highest BCUT2D eigenvalue weighted by Crippen LogP contribution is 2.50. The number of aliphatic hydroxyl groups excluding tert-OH is 2. The van der Waals surface area contributed by atoms with Crippen LogP contribution in [0.2, 0.25) is 0 Å². The number of nitrogen functional groups attached to an aromatic ring is 1. The molecule has 6 N–H and O–H groups in total. The van der Waals surface area contributed by atoms with Gasteiger partial charge in [-0.1, -0.05) is 0 Å². The second-order valence-corrected chi connectivity index (χ2v) is 12.8. The maximum Gasteiger partial charge on any atom is 0.280 e. The van der Waals surface area contributed by atoms with E-state index in [-0.39, 0.29) is 28.3 Å². The summed E-state index contributed by atoms with van der Waals surface area (Å²) in [6, 6.07) is 0. The van der Waals surface area contributed by atoms with Crippen LogP contribution in [-0.2, 0) is 36.7 Å². The highest BCUT2D eigenvalue weighted by Gasteiger charge is 2.51. The number of H-pyrrole nitrogens is 2. The van der Waals surface area contributed by atoms with Gasteiger partial charge < -0.3 is 58.3 Å². The summed E-state index contributed by atoms with van der Waals surface area (Å²) >= 11 is 0. The Bertz CT molecular complexity index is 2000. The number of fused-ring (bicyclic) bond motifs is 4. The SMILES string of the molecule is Nc1nc2c(ncn2[C@@H]2O[C@H]3COP(=O)([O-])OC4[C@@H](COP(=O)([O-])O[C@@H]3C2O)O[C@@H](n2cnc3c(=O)[nH]cnc32)[C@H]4O)c(=O)[nH]1. The molecule has 3 aliphatic rings. The predicted molar refractivity (Wildman–Crippen MR) is 137 cm³/mol. The third-order valence-corrected chi connectivity index (χ3v) is 9.21. The molecular formula is C20H21N9O14P2-2. The molecule has 7 heterocycles. The molecule has 0 saturated carbocycles. The Morgan fingerprint density at radius 2 is 1.36 bits per heavy atom. The number of phosphoric ester groups is 2. The summed E-state index contributed by atoms with van der Waals surface area (Å²) < 4.78 is 59.6. The smallest absolute Gasteiger partial charge is 0.280 e. The van der Waals surface area contributed by atoms with Crippen molar-refractivity contribution in [2.75, 3.05) is 18.9 Å². The molecule has 3 saturated heterocycles. The molecule has 0 spiro atoms.